The third-order valence-electron chi connectivity index (χ3n) is 4.02. The lowest BCUT2D eigenvalue weighted by Gasteiger charge is -2.17. The maximum absolute atomic E-state index is 12.3. The third-order valence-corrected chi connectivity index (χ3v) is 4.02. The van der Waals surface area contributed by atoms with Gasteiger partial charge in [0.1, 0.15) is 13.2 Å². The molecule has 2 N–H and O–H groups in total. The van der Waals surface area contributed by atoms with Gasteiger partial charge in [0.15, 0.2) is 6.10 Å². The van der Waals surface area contributed by atoms with Crippen molar-refractivity contribution < 1.29 is 23.9 Å². The fourth-order valence-corrected chi connectivity index (χ4v) is 2.52. The maximum atomic E-state index is 12.3. The Morgan fingerprint density at radius 3 is 2.14 bits per heavy atom. The molecule has 0 fully saturated rings. The quantitative estimate of drug-likeness (QED) is 0.600. The van der Waals surface area contributed by atoms with E-state index in [-0.39, 0.29) is 19.1 Å². The molecule has 2 amide bonds. The Bertz CT molecular complexity index is 780. The number of rotatable bonds is 10. The van der Waals surface area contributed by atoms with Crippen LogP contribution in [0.1, 0.15) is 30.9 Å². The molecular weight excluding hydrogens is 372 g/mol. The normalized spacial score (nSPS) is 11.2. The van der Waals surface area contributed by atoms with Crippen molar-refractivity contribution in [1.82, 2.24) is 10.6 Å². The molecule has 154 valence electrons. The molecule has 0 saturated heterocycles. The molecule has 0 aliphatic rings. The molecule has 1 unspecified atom stereocenters. The summed E-state index contributed by atoms with van der Waals surface area (Å²) < 4.78 is 10.3. The third kappa shape index (κ3) is 8.47. The van der Waals surface area contributed by atoms with Crippen LogP contribution in [0, 0.1) is 0 Å². The molecule has 7 nitrogen and oxygen atoms in total. The Balaban J connectivity index is 1.73. The van der Waals surface area contributed by atoms with E-state index in [2.05, 4.69) is 10.6 Å². The molecule has 7 heteroatoms. The van der Waals surface area contributed by atoms with Crippen LogP contribution in [0.3, 0.4) is 0 Å². The van der Waals surface area contributed by atoms with Crippen molar-refractivity contribution in [2.75, 3.05) is 6.54 Å². The van der Waals surface area contributed by atoms with Gasteiger partial charge in [0.05, 0.1) is 0 Å². The molecule has 29 heavy (non-hydrogen) atoms. The molecule has 0 aliphatic carbocycles. The number of nitrogens with one attached hydrogen (secondary N) is 2. The Kier molecular flexibility index (Phi) is 9.21. The van der Waals surface area contributed by atoms with E-state index in [0.717, 1.165) is 11.1 Å². The van der Waals surface area contributed by atoms with Gasteiger partial charge < -0.3 is 20.1 Å². The van der Waals surface area contributed by atoms with Crippen LogP contribution in [0.25, 0.3) is 0 Å². The van der Waals surface area contributed by atoms with Crippen LogP contribution in [0.4, 0.5) is 4.79 Å². The fraction of sp³-hybridized carbons (Fsp3) is 0.318. The molecule has 1 atom stereocenters. The first-order valence-corrected chi connectivity index (χ1v) is 9.54. The number of hydrogen-bond donors (Lipinski definition) is 2. The number of carbonyl (C=O) groups is 3. The van der Waals surface area contributed by atoms with Crippen LogP contribution >= 0.6 is 0 Å². The second-order valence-electron chi connectivity index (χ2n) is 6.39. The van der Waals surface area contributed by atoms with Gasteiger partial charge in [0.25, 0.3) is 5.91 Å². The average molecular weight is 398 g/mol. The van der Waals surface area contributed by atoms with Gasteiger partial charge in [-0.1, -0.05) is 74.0 Å². The minimum Gasteiger partial charge on any atom is -0.451 e. The second-order valence-corrected chi connectivity index (χ2v) is 6.39. The standard InChI is InChI=1S/C22H26N2O5/c1-2-9-19(21(26)23-14-17-10-5-3-6-11-17)29-20(25)15-24-22(27)28-16-18-12-7-4-8-13-18/h3-8,10-13,19H,2,9,14-16H2,1H3,(H,23,26)(H,24,27). The minimum atomic E-state index is -0.904. The summed E-state index contributed by atoms with van der Waals surface area (Å²) >= 11 is 0. The highest BCUT2D eigenvalue weighted by Crippen LogP contribution is 2.05. The summed E-state index contributed by atoms with van der Waals surface area (Å²) in [7, 11) is 0. The largest absolute Gasteiger partial charge is 0.451 e. The van der Waals surface area contributed by atoms with Crippen molar-refractivity contribution >= 4 is 18.0 Å². The summed E-state index contributed by atoms with van der Waals surface area (Å²) in [4.78, 5) is 36.1. The van der Waals surface area contributed by atoms with Gasteiger partial charge in [0, 0.05) is 6.54 Å². The SMILES string of the molecule is CCCC(OC(=O)CNC(=O)OCc1ccccc1)C(=O)NCc1ccccc1. The Morgan fingerprint density at radius 2 is 1.52 bits per heavy atom. The van der Waals surface area contributed by atoms with Crippen LogP contribution < -0.4 is 10.6 Å². The van der Waals surface area contributed by atoms with Crippen molar-refractivity contribution in [3.63, 3.8) is 0 Å². The Morgan fingerprint density at radius 1 is 0.897 bits per heavy atom. The molecule has 2 rings (SSSR count). The zero-order chi connectivity index (χ0) is 20.9. The highest BCUT2D eigenvalue weighted by molar-refractivity contribution is 5.85. The first-order valence-electron chi connectivity index (χ1n) is 9.54. The number of hydrogen-bond acceptors (Lipinski definition) is 5. The lowest BCUT2D eigenvalue weighted by atomic mass is 10.2. The lowest BCUT2D eigenvalue weighted by Crippen LogP contribution is -2.40. The number of benzene rings is 2. The van der Waals surface area contributed by atoms with Crippen LogP contribution in [0.5, 0.6) is 0 Å². The van der Waals surface area contributed by atoms with Gasteiger partial charge in [-0.3, -0.25) is 9.59 Å². The first kappa shape index (κ1) is 21.9. The molecule has 0 spiro atoms. The highest BCUT2D eigenvalue weighted by atomic mass is 16.6. The van der Waals surface area contributed by atoms with Gasteiger partial charge in [0.2, 0.25) is 0 Å². The van der Waals surface area contributed by atoms with E-state index in [4.69, 9.17) is 9.47 Å². The summed E-state index contributed by atoms with van der Waals surface area (Å²) in [6, 6.07) is 18.6. The lowest BCUT2D eigenvalue weighted by molar-refractivity contribution is -0.155. The number of amides is 2. The van der Waals surface area contributed by atoms with Crippen LogP contribution in [-0.4, -0.2) is 30.6 Å². The van der Waals surface area contributed by atoms with Gasteiger partial charge in [-0.2, -0.15) is 0 Å². The number of ether oxygens (including phenoxy) is 2. The van der Waals surface area contributed by atoms with Crippen LogP contribution in [-0.2, 0) is 32.2 Å². The summed E-state index contributed by atoms with van der Waals surface area (Å²) in [5.41, 5.74) is 1.79. The van der Waals surface area contributed by atoms with E-state index < -0.39 is 18.2 Å². The predicted molar refractivity (Wildman–Crippen MR) is 108 cm³/mol. The molecule has 0 saturated carbocycles. The first-order chi connectivity index (χ1) is 14.1. The topological polar surface area (TPSA) is 93.7 Å². The molecular formula is C22H26N2O5. The van der Waals surface area contributed by atoms with Crippen molar-refractivity contribution in [3.05, 3.63) is 71.8 Å². The molecule has 0 radical (unpaired) electrons. The molecule has 0 bridgehead atoms. The summed E-state index contributed by atoms with van der Waals surface area (Å²) in [5, 5.41) is 5.09. The molecule has 2 aromatic carbocycles. The maximum Gasteiger partial charge on any atom is 0.407 e. The van der Waals surface area contributed by atoms with Crippen LogP contribution in [0.15, 0.2) is 60.7 Å². The molecule has 0 heterocycles. The van der Waals surface area contributed by atoms with E-state index >= 15 is 0 Å². The number of esters is 1. The van der Waals surface area contributed by atoms with Gasteiger partial charge in [-0.15, -0.1) is 0 Å². The molecule has 2 aromatic rings. The van der Waals surface area contributed by atoms with E-state index in [9.17, 15) is 14.4 Å². The van der Waals surface area contributed by atoms with Crippen molar-refractivity contribution in [1.29, 1.82) is 0 Å². The van der Waals surface area contributed by atoms with E-state index in [0.29, 0.717) is 19.4 Å². The minimum absolute atomic E-state index is 0.0993. The Labute approximate surface area is 170 Å². The zero-order valence-electron chi connectivity index (χ0n) is 16.4. The van der Waals surface area contributed by atoms with Gasteiger partial charge >= 0.3 is 12.1 Å². The number of alkyl carbamates (subject to hydrolysis) is 1. The Hall–Kier alpha value is -3.35. The molecule has 0 aromatic heterocycles. The smallest absolute Gasteiger partial charge is 0.407 e. The summed E-state index contributed by atoms with van der Waals surface area (Å²) in [6.07, 6.45) is -0.571. The highest BCUT2D eigenvalue weighted by Gasteiger charge is 2.22. The number of carbonyl (C=O) groups excluding carboxylic acids is 3. The fourth-order valence-electron chi connectivity index (χ4n) is 2.52. The zero-order valence-corrected chi connectivity index (χ0v) is 16.4. The average Bonchev–Trinajstić information content (AvgIpc) is 2.75. The van der Waals surface area contributed by atoms with E-state index in [1.165, 1.54) is 0 Å². The predicted octanol–water partition coefficient (Wildman–Crippen LogP) is 2.94. The van der Waals surface area contributed by atoms with Gasteiger partial charge in [-0.25, -0.2) is 4.79 Å². The van der Waals surface area contributed by atoms with E-state index in [1.807, 2.05) is 67.6 Å². The van der Waals surface area contributed by atoms with Crippen molar-refractivity contribution in [2.45, 2.75) is 39.0 Å². The van der Waals surface area contributed by atoms with E-state index in [1.54, 1.807) is 0 Å². The molecule has 0 aliphatic heterocycles. The summed E-state index contributed by atoms with van der Waals surface area (Å²) in [5.74, 6) is -1.06. The van der Waals surface area contributed by atoms with Crippen molar-refractivity contribution in [2.24, 2.45) is 0 Å². The van der Waals surface area contributed by atoms with Gasteiger partial charge in [-0.05, 0) is 17.5 Å². The van der Waals surface area contributed by atoms with Crippen LogP contribution in [0.2, 0.25) is 0 Å². The monoisotopic (exact) mass is 398 g/mol. The second kappa shape index (κ2) is 12.2. The van der Waals surface area contributed by atoms with Crippen molar-refractivity contribution in [3.8, 4) is 0 Å². The summed E-state index contributed by atoms with van der Waals surface area (Å²) in [6.45, 7) is 1.97.